The van der Waals surface area contributed by atoms with E-state index in [4.69, 9.17) is 9.47 Å². The van der Waals surface area contributed by atoms with Crippen LogP contribution >= 0.6 is 0 Å². The van der Waals surface area contributed by atoms with Crippen LogP contribution in [-0.4, -0.2) is 41.9 Å². The van der Waals surface area contributed by atoms with Crippen LogP contribution in [0.15, 0.2) is 18.2 Å². The van der Waals surface area contributed by atoms with E-state index in [0.29, 0.717) is 37.2 Å². The van der Waals surface area contributed by atoms with Gasteiger partial charge in [-0.25, -0.2) is 0 Å². The predicted molar refractivity (Wildman–Crippen MR) is 91.5 cm³/mol. The molecule has 0 atom stereocenters. The summed E-state index contributed by atoms with van der Waals surface area (Å²) in [5, 5.41) is 10.9. The van der Waals surface area contributed by atoms with Crippen molar-refractivity contribution in [3.63, 3.8) is 0 Å². The van der Waals surface area contributed by atoms with Crippen LogP contribution in [0.25, 0.3) is 0 Å². The monoisotopic (exact) mass is 362 g/mol. The number of hydrogen-bond donors (Lipinski definition) is 0. The molecule has 1 aliphatic heterocycles. The Morgan fingerprint density at radius 2 is 1.88 bits per heavy atom. The van der Waals surface area contributed by atoms with Gasteiger partial charge >= 0.3 is 5.97 Å². The van der Waals surface area contributed by atoms with Crippen LogP contribution in [0.4, 0.5) is 5.69 Å². The topological polar surface area (TPSA) is 99.0 Å². The normalized spacial score (nSPS) is 17.7. The summed E-state index contributed by atoms with van der Waals surface area (Å²) in [6.45, 7) is 1.08. The van der Waals surface area contributed by atoms with Crippen molar-refractivity contribution in [2.24, 2.45) is 11.8 Å². The third kappa shape index (κ3) is 4.12. The van der Waals surface area contributed by atoms with E-state index in [1.807, 2.05) is 4.90 Å². The summed E-state index contributed by atoms with van der Waals surface area (Å²) < 4.78 is 10.5. The molecular formula is C18H22N2O6. The first kappa shape index (κ1) is 18.2. The second-order valence-corrected chi connectivity index (χ2v) is 6.73. The number of nitro groups is 1. The Labute approximate surface area is 151 Å². The van der Waals surface area contributed by atoms with E-state index in [9.17, 15) is 19.7 Å². The number of hydrogen-bond acceptors (Lipinski definition) is 6. The number of carbonyl (C=O) groups excluding carboxylic acids is 2. The van der Waals surface area contributed by atoms with E-state index in [2.05, 4.69) is 0 Å². The van der Waals surface area contributed by atoms with Gasteiger partial charge in [-0.1, -0.05) is 0 Å². The van der Waals surface area contributed by atoms with Gasteiger partial charge in [-0.15, -0.1) is 0 Å². The Bertz CT molecular complexity index is 708. The Hall–Kier alpha value is -2.64. The maximum atomic E-state index is 12.3. The molecule has 1 aliphatic carbocycles. The maximum Gasteiger partial charge on any atom is 0.309 e. The molecule has 26 heavy (non-hydrogen) atoms. The molecule has 8 nitrogen and oxygen atoms in total. The van der Waals surface area contributed by atoms with Crippen LogP contribution < -0.4 is 4.74 Å². The molecule has 1 saturated heterocycles. The van der Waals surface area contributed by atoms with Gasteiger partial charge in [0.15, 0.2) is 0 Å². The third-order valence-electron chi connectivity index (χ3n) is 4.91. The van der Waals surface area contributed by atoms with Crippen LogP contribution in [0.3, 0.4) is 0 Å². The van der Waals surface area contributed by atoms with Gasteiger partial charge in [0.25, 0.3) is 5.69 Å². The predicted octanol–water partition coefficient (Wildman–Crippen LogP) is 2.30. The van der Waals surface area contributed by atoms with E-state index in [0.717, 1.165) is 12.8 Å². The lowest BCUT2D eigenvalue weighted by Gasteiger charge is -2.31. The number of nitro benzene ring substituents is 1. The summed E-state index contributed by atoms with van der Waals surface area (Å²) >= 11 is 0. The van der Waals surface area contributed by atoms with Crippen LogP contribution in [0.1, 0.15) is 31.2 Å². The van der Waals surface area contributed by atoms with Gasteiger partial charge < -0.3 is 14.4 Å². The minimum atomic E-state index is -0.503. The Morgan fingerprint density at radius 3 is 2.46 bits per heavy atom. The zero-order valence-corrected chi connectivity index (χ0v) is 14.7. The molecule has 2 fully saturated rings. The van der Waals surface area contributed by atoms with E-state index < -0.39 is 4.92 Å². The first-order chi connectivity index (χ1) is 12.5. The third-order valence-corrected chi connectivity index (χ3v) is 4.91. The summed E-state index contributed by atoms with van der Waals surface area (Å²) in [6, 6.07) is 4.18. The number of methoxy groups -OCH3 is 1. The molecule has 1 amide bonds. The molecule has 1 aromatic rings. The molecule has 0 spiro atoms. The molecule has 0 radical (unpaired) electrons. The number of likely N-dealkylation sites (tertiary alicyclic amines) is 1. The van der Waals surface area contributed by atoms with Crippen molar-refractivity contribution in [2.45, 2.75) is 32.3 Å². The highest BCUT2D eigenvalue weighted by atomic mass is 16.6. The number of nitrogens with zero attached hydrogens (tertiary/aromatic N) is 2. The van der Waals surface area contributed by atoms with Crippen molar-refractivity contribution in [2.75, 3.05) is 20.2 Å². The minimum absolute atomic E-state index is 0.0785. The van der Waals surface area contributed by atoms with Gasteiger partial charge in [-0.2, -0.15) is 0 Å². The molecule has 1 aromatic carbocycles. The Morgan fingerprint density at radius 1 is 1.19 bits per heavy atom. The lowest BCUT2D eigenvalue weighted by Crippen LogP contribution is -2.41. The van der Waals surface area contributed by atoms with E-state index in [1.54, 1.807) is 0 Å². The number of non-ortho nitro benzene ring substituents is 1. The first-order valence-electron chi connectivity index (χ1n) is 8.76. The van der Waals surface area contributed by atoms with Crippen molar-refractivity contribution < 1.29 is 24.0 Å². The molecule has 3 rings (SSSR count). The van der Waals surface area contributed by atoms with Crippen LogP contribution in [-0.2, 0) is 20.9 Å². The fourth-order valence-corrected chi connectivity index (χ4v) is 3.18. The summed E-state index contributed by atoms with van der Waals surface area (Å²) in [6.07, 6.45) is 3.13. The second kappa shape index (κ2) is 7.72. The maximum absolute atomic E-state index is 12.3. The number of amides is 1. The number of esters is 1. The fraction of sp³-hybridized carbons (Fsp3) is 0.556. The highest BCUT2D eigenvalue weighted by Crippen LogP contribution is 2.32. The molecule has 0 N–H and O–H groups in total. The van der Waals surface area contributed by atoms with Crippen molar-refractivity contribution >= 4 is 17.6 Å². The number of ether oxygens (including phenoxy) is 2. The summed E-state index contributed by atoms with van der Waals surface area (Å²) in [5.41, 5.74) is 0.375. The molecule has 8 heteroatoms. The van der Waals surface area contributed by atoms with Crippen LogP contribution in [0.2, 0.25) is 0 Å². The van der Waals surface area contributed by atoms with E-state index >= 15 is 0 Å². The van der Waals surface area contributed by atoms with Gasteiger partial charge in [0.05, 0.1) is 18.0 Å². The molecule has 1 saturated carbocycles. The number of carbonyl (C=O) groups is 2. The molecule has 0 bridgehead atoms. The molecule has 0 aromatic heterocycles. The summed E-state index contributed by atoms with van der Waals surface area (Å²) in [5.74, 6) is 0.256. The highest BCUT2D eigenvalue weighted by molar-refractivity contribution is 5.81. The minimum Gasteiger partial charge on any atom is -0.496 e. The molecule has 2 aliphatic rings. The van der Waals surface area contributed by atoms with Gasteiger partial charge in [-0.05, 0) is 31.7 Å². The fourth-order valence-electron chi connectivity index (χ4n) is 3.18. The molecule has 1 heterocycles. The Balaban J connectivity index is 1.53. The largest absolute Gasteiger partial charge is 0.496 e. The quantitative estimate of drug-likeness (QED) is 0.437. The molecule has 0 unspecified atom stereocenters. The molecular weight excluding hydrogens is 340 g/mol. The van der Waals surface area contributed by atoms with Gasteiger partial charge in [0.1, 0.15) is 12.4 Å². The van der Waals surface area contributed by atoms with Gasteiger partial charge in [-0.3, -0.25) is 19.7 Å². The van der Waals surface area contributed by atoms with Crippen molar-refractivity contribution in [1.82, 2.24) is 4.90 Å². The van der Waals surface area contributed by atoms with Gasteiger partial charge in [0, 0.05) is 36.7 Å². The smallest absolute Gasteiger partial charge is 0.309 e. The van der Waals surface area contributed by atoms with Crippen LogP contribution in [0, 0.1) is 22.0 Å². The zero-order chi connectivity index (χ0) is 18.7. The first-order valence-corrected chi connectivity index (χ1v) is 8.76. The SMILES string of the molecule is COc1ccc([N+](=O)[O-])cc1COC(=O)C1CCN(C(=O)C2CC2)CC1. The van der Waals surface area contributed by atoms with Crippen molar-refractivity contribution in [1.29, 1.82) is 0 Å². The number of benzene rings is 1. The average molecular weight is 362 g/mol. The highest BCUT2D eigenvalue weighted by Gasteiger charge is 2.36. The standard InChI is InChI=1S/C18H22N2O6/c1-25-16-5-4-15(20(23)24)10-14(16)11-26-18(22)13-6-8-19(9-7-13)17(21)12-2-3-12/h4-5,10,12-13H,2-3,6-9,11H2,1H3. The van der Waals surface area contributed by atoms with E-state index in [-0.39, 0.29) is 36.0 Å². The Kier molecular flexibility index (Phi) is 5.39. The van der Waals surface area contributed by atoms with Gasteiger partial charge in [0.2, 0.25) is 5.91 Å². The molecule has 140 valence electrons. The van der Waals surface area contributed by atoms with E-state index in [1.165, 1.54) is 25.3 Å². The average Bonchev–Trinajstić information content (AvgIpc) is 3.50. The van der Waals surface area contributed by atoms with Crippen molar-refractivity contribution in [3.8, 4) is 5.75 Å². The summed E-state index contributed by atoms with van der Waals surface area (Å²) in [7, 11) is 1.46. The lowest BCUT2D eigenvalue weighted by atomic mass is 9.96. The summed E-state index contributed by atoms with van der Waals surface area (Å²) in [4.78, 5) is 36.6. The second-order valence-electron chi connectivity index (χ2n) is 6.73. The van der Waals surface area contributed by atoms with Crippen LogP contribution in [0.5, 0.6) is 5.75 Å². The lowest BCUT2D eigenvalue weighted by molar-refractivity contribution is -0.385. The number of piperidine rings is 1. The number of rotatable bonds is 6. The zero-order valence-electron chi connectivity index (χ0n) is 14.7. The van der Waals surface area contributed by atoms with Crippen molar-refractivity contribution in [3.05, 3.63) is 33.9 Å².